The van der Waals surface area contributed by atoms with Crippen molar-refractivity contribution >= 4 is 11.6 Å². The summed E-state index contributed by atoms with van der Waals surface area (Å²) < 4.78 is 13.0. The molecule has 0 spiro atoms. The van der Waals surface area contributed by atoms with Crippen LogP contribution < -0.4 is 15.8 Å². The monoisotopic (exact) mass is 440 g/mol. The number of carbonyl (C=O) groups excluding carboxylic acids is 1. The number of aromatic amines is 1. The highest BCUT2D eigenvalue weighted by atomic mass is 19.1. The summed E-state index contributed by atoms with van der Waals surface area (Å²) in [7, 11) is 0. The molecule has 2 atom stereocenters. The molecular formula is C25H33FN4O2. The number of hydrogen-bond donors (Lipinski definition) is 2. The average molecular weight is 441 g/mol. The van der Waals surface area contributed by atoms with Crippen LogP contribution in [-0.2, 0) is 11.2 Å². The highest BCUT2D eigenvalue weighted by molar-refractivity contribution is 5.78. The van der Waals surface area contributed by atoms with E-state index in [-0.39, 0.29) is 23.1 Å². The summed E-state index contributed by atoms with van der Waals surface area (Å²) in [4.78, 5) is 33.3. The number of benzene rings is 1. The van der Waals surface area contributed by atoms with E-state index in [9.17, 15) is 14.0 Å². The van der Waals surface area contributed by atoms with E-state index in [2.05, 4.69) is 15.3 Å². The number of ketones is 1. The van der Waals surface area contributed by atoms with Gasteiger partial charge in [-0.25, -0.2) is 9.37 Å². The molecule has 1 aromatic carbocycles. The average Bonchev–Trinajstić information content (AvgIpc) is 3.57. The van der Waals surface area contributed by atoms with E-state index in [1.54, 1.807) is 13.1 Å². The fourth-order valence-corrected chi connectivity index (χ4v) is 4.67. The van der Waals surface area contributed by atoms with Gasteiger partial charge in [-0.05, 0) is 69.7 Å². The predicted octanol–water partition coefficient (Wildman–Crippen LogP) is 3.57. The Bertz CT molecular complexity index is 967. The van der Waals surface area contributed by atoms with E-state index in [0.717, 1.165) is 57.2 Å². The molecule has 1 aliphatic heterocycles. The highest BCUT2D eigenvalue weighted by Crippen LogP contribution is 2.40. The molecule has 1 aromatic heterocycles. The topological polar surface area (TPSA) is 78.1 Å². The molecule has 0 radical (unpaired) electrons. The Kier molecular flexibility index (Phi) is 7.35. The quantitative estimate of drug-likeness (QED) is 0.552. The van der Waals surface area contributed by atoms with Gasteiger partial charge in [0.15, 0.2) is 5.82 Å². The van der Waals surface area contributed by atoms with Crippen LogP contribution in [0.2, 0.25) is 0 Å². The summed E-state index contributed by atoms with van der Waals surface area (Å²) in [5, 5.41) is 3.60. The first kappa shape index (κ1) is 22.6. The maximum atomic E-state index is 13.0. The smallest absolute Gasteiger partial charge is 0.290 e. The van der Waals surface area contributed by atoms with Gasteiger partial charge in [0.05, 0.1) is 5.69 Å². The van der Waals surface area contributed by atoms with Crippen LogP contribution in [0.5, 0.6) is 0 Å². The van der Waals surface area contributed by atoms with Crippen LogP contribution in [0.3, 0.4) is 0 Å². The molecular weight excluding hydrogens is 407 g/mol. The van der Waals surface area contributed by atoms with Gasteiger partial charge < -0.3 is 15.2 Å². The van der Waals surface area contributed by atoms with E-state index in [1.165, 1.54) is 17.7 Å². The standard InChI is InChI=1S/C25H33FN4O2/c1-17(31)18-10-13-30(14-11-18)24-25(32)28-16-21(29-24)5-3-2-4-12-27-23-15-22(23)19-6-8-20(26)9-7-19/h6-9,16,18,22-23,27H,2-5,10-15H2,1H3,(H,28,32)/t22-,23+/m0/s1. The Morgan fingerprint density at radius 3 is 2.66 bits per heavy atom. The maximum absolute atomic E-state index is 13.0. The van der Waals surface area contributed by atoms with E-state index < -0.39 is 0 Å². The van der Waals surface area contributed by atoms with Crippen molar-refractivity contribution in [2.45, 2.75) is 63.8 Å². The van der Waals surface area contributed by atoms with Crippen molar-refractivity contribution in [1.82, 2.24) is 15.3 Å². The summed E-state index contributed by atoms with van der Waals surface area (Å²) >= 11 is 0. The van der Waals surface area contributed by atoms with Crippen molar-refractivity contribution in [2.24, 2.45) is 5.92 Å². The summed E-state index contributed by atoms with van der Waals surface area (Å²) in [6.45, 7) is 4.04. The maximum Gasteiger partial charge on any atom is 0.290 e. The first-order chi connectivity index (χ1) is 15.5. The molecule has 0 bridgehead atoms. The van der Waals surface area contributed by atoms with Crippen LogP contribution in [0, 0.1) is 11.7 Å². The third kappa shape index (κ3) is 5.82. The molecule has 7 heteroatoms. The number of aryl methyl sites for hydroxylation is 1. The zero-order valence-corrected chi connectivity index (χ0v) is 18.8. The number of piperidine rings is 1. The minimum absolute atomic E-state index is 0.115. The molecule has 2 N–H and O–H groups in total. The second-order valence-corrected chi connectivity index (χ2v) is 9.18. The number of nitrogens with zero attached hydrogens (tertiary/aromatic N) is 2. The van der Waals surface area contributed by atoms with Crippen LogP contribution in [0.15, 0.2) is 35.3 Å². The molecule has 2 aliphatic rings. The van der Waals surface area contributed by atoms with Gasteiger partial charge in [0.1, 0.15) is 11.6 Å². The van der Waals surface area contributed by atoms with Crippen LogP contribution >= 0.6 is 0 Å². The van der Waals surface area contributed by atoms with Crippen molar-refractivity contribution in [3.8, 4) is 0 Å². The minimum atomic E-state index is -0.180. The molecule has 2 aromatic rings. The molecule has 1 aliphatic carbocycles. The first-order valence-electron chi connectivity index (χ1n) is 11.8. The fraction of sp³-hybridized carbons (Fsp3) is 0.560. The zero-order valence-electron chi connectivity index (χ0n) is 18.8. The van der Waals surface area contributed by atoms with Crippen molar-refractivity contribution in [3.05, 3.63) is 57.9 Å². The first-order valence-corrected chi connectivity index (χ1v) is 11.8. The highest BCUT2D eigenvalue weighted by Gasteiger charge is 2.37. The van der Waals surface area contributed by atoms with E-state index in [0.29, 0.717) is 30.9 Å². The second kappa shape index (κ2) is 10.4. The van der Waals surface area contributed by atoms with Gasteiger partial charge in [-0.2, -0.15) is 0 Å². The summed E-state index contributed by atoms with van der Waals surface area (Å²) in [6, 6.07) is 7.36. The van der Waals surface area contributed by atoms with Gasteiger partial charge in [0, 0.05) is 37.2 Å². The Morgan fingerprint density at radius 2 is 1.94 bits per heavy atom. The molecule has 4 rings (SSSR count). The number of unbranched alkanes of at least 4 members (excludes halogenated alkanes) is 2. The molecule has 6 nitrogen and oxygen atoms in total. The molecule has 1 saturated heterocycles. The Hall–Kier alpha value is -2.54. The molecule has 1 saturated carbocycles. The van der Waals surface area contributed by atoms with Gasteiger partial charge >= 0.3 is 0 Å². The van der Waals surface area contributed by atoms with E-state index >= 15 is 0 Å². The summed E-state index contributed by atoms with van der Waals surface area (Å²) in [6.07, 6.45) is 8.49. The second-order valence-electron chi connectivity index (χ2n) is 9.18. The minimum Gasteiger partial charge on any atom is -0.352 e. The van der Waals surface area contributed by atoms with Crippen molar-refractivity contribution in [1.29, 1.82) is 0 Å². The molecule has 172 valence electrons. The number of carbonyl (C=O) groups is 1. The van der Waals surface area contributed by atoms with Gasteiger partial charge in [-0.1, -0.05) is 18.6 Å². The normalized spacial score (nSPS) is 21.0. The number of rotatable bonds is 10. The number of nitrogens with one attached hydrogen (secondary N) is 2. The Morgan fingerprint density at radius 1 is 1.19 bits per heavy atom. The number of anilines is 1. The third-order valence-corrected chi connectivity index (χ3v) is 6.80. The fourth-order valence-electron chi connectivity index (χ4n) is 4.67. The molecule has 2 heterocycles. The Balaban J connectivity index is 1.15. The number of H-pyrrole nitrogens is 1. The van der Waals surface area contributed by atoms with Crippen LogP contribution in [0.25, 0.3) is 0 Å². The molecule has 32 heavy (non-hydrogen) atoms. The van der Waals surface area contributed by atoms with Crippen molar-refractivity contribution < 1.29 is 9.18 Å². The van der Waals surface area contributed by atoms with Gasteiger partial charge in [0.2, 0.25) is 0 Å². The third-order valence-electron chi connectivity index (χ3n) is 6.80. The van der Waals surface area contributed by atoms with Crippen LogP contribution in [0.1, 0.15) is 62.6 Å². The van der Waals surface area contributed by atoms with Crippen LogP contribution in [-0.4, -0.2) is 41.4 Å². The lowest BCUT2D eigenvalue weighted by molar-refractivity contribution is -0.121. The number of hydrogen-bond acceptors (Lipinski definition) is 5. The van der Waals surface area contributed by atoms with Crippen LogP contribution in [0.4, 0.5) is 10.2 Å². The van der Waals surface area contributed by atoms with Gasteiger partial charge in [0.25, 0.3) is 5.56 Å². The van der Waals surface area contributed by atoms with Gasteiger partial charge in [-0.3, -0.25) is 9.59 Å². The van der Waals surface area contributed by atoms with Crippen molar-refractivity contribution in [3.63, 3.8) is 0 Å². The lowest BCUT2D eigenvalue weighted by atomic mass is 9.93. The molecule has 0 unspecified atom stereocenters. The number of aromatic nitrogens is 2. The SMILES string of the molecule is CC(=O)C1CCN(c2nc(CCCCCN[C@@H]3C[C@H]3c3ccc(F)cc3)c[nH]c2=O)CC1. The van der Waals surface area contributed by atoms with Crippen molar-refractivity contribution in [2.75, 3.05) is 24.5 Å². The summed E-state index contributed by atoms with van der Waals surface area (Å²) in [5.41, 5.74) is 1.98. The molecule has 0 amide bonds. The summed E-state index contributed by atoms with van der Waals surface area (Å²) in [5.74, 6) is 1.18. The zero-order chi connectivity index (χ0) is 22.5. The van der Waals surface area contributed by atoms with E-state index in [4.69, 9.17) is 0 Å². The lowest BCUT2D eigenvalue weighted by Crippen LogP contribution is -2.39. The van der Waals surface area contributed by atoms with Gasteiger partial charge in [-0.15, -0.1) is 0 Å². The number of halogens is 1. The Labute approximate surface area is 188 Å². The lowest BCUT2D eigenvalue weighted by Gasteiger charge is -2.31. The number of Topliss-reactive ketones (excluding diaryl/α,β-unsaturated/α-hetero) is 1. The largest absolute Gasteiger partial charge is 0.352 e. The predicted molar refractivity (Wildman–Crippen MR) is 124 cm³/mol. The molecule has 2 fully saturated rings. The van der Waals surface area contributed by atoms with E-state index in [1.807, 2.05) is 17.0 Å².